The SMILES string of the molecule is CC(C)(N)CN1CCC(C)(N)CC1. The minimum absolute atomic E-state index is 0.0508. The normalized spacial score (nSPS) is 24.7. The lowest BCUT2D eigenvalue weighted by Crippen LogP contribution is -2.53. The molecule has 0 aromatic rings. The van der Waals surface area contributed by atoms with Crippen molar-refractivity contribution in [2.45, 2.75) is 44.7 Å². The van der Waals surface area contributed by atoms with Gasteiger partial charge in [-0.2, -0.15) is 0 Å². The Labute approximate surface area is 81.5 Å². The van der Waals surface area contributed by atoms with Crippen LogP contribution in [-0.4, -0.2) is 35.6 Å². The van der Waals surface area contributed by atoms with E-state index in [4.69, 9.17) is 11.5 Å². The Morgan fingerprint density at radius 1 is 1.31 bits per heavy atom. The van der Waals surface area contributed by atoms with E-state index in [1.165, 1.54) is 0 Å². The second kappa shape index (κ2) is 3.56. The van der Waals surface area contributed by atoms with Gasteiger partial charge in [0.05, 0.1) is 0 Å². The number of piperidine rings is 1. The fraction of sp³-hybridized carbons (Fsp3) is 1.00. The summed E-state index contributed by atoms with van der Waals surface area (Å²) in [5, 5.41) is 0. The highest BCUT2D eigenvalue weighted by atomic mass is 15.2. The standard InChI is InChI=1S/C10H23N3/c1-9(2,11)8-13-6-4-10(3,12)5-7-13/h4-8,11-12H2,1-3H3. The summed E-state index contributed by atoms with van der Waals surface area (Å²) in [6, 6.07) is 0. The number of hydrogen-bond donors (Lipinski definition) is 2. The van der Waals surface area contributed by atoms with Gasteiger partial charge in [-0.05, 0) is 46.7 Å². The van der Waals surface area contributed by atoms with Crippen molar-refractivity contribution in [2.75, 3.05) is 19.6 Å². The summed E-state index contributed by atoms with van der Waals surface area (Å²) >= 11 is 0. The topological polar surface area (TPSA) is 55.3 Å². The quantitative estimate of drug-likeness (QED) is 0.660. The Balaban J connectivity index is 2.34. The predicted octanol–water partition coefficient (Wildman–Crippen LogP) is 0.537. The monoisotopic (exact) mass is 185 g/mol. The van der Waals surface area contributed by atoms with Gasteiger partial charge in [-0.3, -0.25) is 0 Å². The molecule has 0 unspecified atom stereocenters. The molecular weight excluding hydrogens is 162 g/mol. The molecule has 13 heavy (non-hydrogen) atoms. The average molecular weight is 185 g/mol. The lowest BCUT2D eigenvalue weighted by Gasteiger charge is -2.39. The van der Waals surface area contributed by atoms with Crippen LogP contribution in [0.5, 0.6) is 0 Å². The van der Waals surface area contributed by atoms with Crippen molar-refractivity contribution in [3.8, 4) is 0 Å². The van der Waals surface area contributed by atoms with Crippen molar-refractivity contribution < 1.29 is 0 Å². The molecule has 1 saturated heterocycles. The van der Waals surface area contributed by atoms with E-state index in [-0.39, 0.29) is 11.1 Å². The van der Waals surface area contributed by atoms with Crippen LogP contribution in [0.2, 0.25) is 0 Å². The molecular formula is C10H23N3. The molecule has 3 heteroatoms. The molecule has 78 valence electrons. The highest BCUT2D eigenvalue weighted by Crippen LogP contribution is 2.19. The van der Waals surface area contributed by atoms with Gasteiger partial charge in [-0.25, -0.2) is 0 Å². The number of rotatable bonds is 2. The molecule has 0 atom stereocenters. The Kier molecular flexibility index (Phi) is 3.00. The van der Waals surface area contributed by atoms with Crippen LogP contribution in [0, 0.1) is 0 Å². The Morgan fingerprint density at radius 2 is 1.77 bits per heavy atom. The summed E-state index contributed by atoms with van der Waals surface area (Å²) in [5.74, 6) is 0. The predicted molar refractivity (Wildman–Crippen MR) is 56.5 cm³/mol. The van der Waals surface area contributed by atoms with E-state index in [9.17, 15) is 0 Å². The first-order valence-corrected chi connectivity index (χ1v) is 5.09. The second-order valence-electron chi connectivity index (χ2n) is 5.42. The summed E-state index contributed by atoms with van der Waals surface area (Å²) in [6.07, 6.45) is 2.17. The van der Waals surface area contributed by atoms with E-state index in [0.717, 1.165) is 32.5 Å². The maximum absolute atomic E-state index is 6.05. The number of hydrogen-bond acceptors (Lipinski definition) is 3. The minimum Gasteiger partial charge on any atom is -0.325 e. The van der Waals surface area contributed by atoms with Crippen LogP contribution in [-0.2, 0) is 0 Å². The molecule has 1 fully saturated rings. The fourth-order valence-corrected chi connectivity index (χ4v) is 1.80. The molecule has 1 aliphatic rings. The third kappa shape index (κ3) is 4.07. The molecule has 0 radical (unpaired) electrons. The van der Waals surface area contributed by atoms with Crippen LogP contribution in [0.1, 0.15) is 33.6 Å². The molecule has 3 nitrogen and oxygen atoms in total. The van der Waals surface area contributed by atoms with Crippen molar-refractivity contribution >= 4 is 0 Å². The van der Waals surface area contributed by atoms with Gasteiger partial charge >= 0.3 is 0 Å². The van der Waals surface area contributed by atoms with Crippen LogP contribution < -0.4 is 11.5 Å². The van der Waals surface area contributed by atoms with Gasteiger partial charge in [0.25, 0.3) is 0 Å². The molecule has 0 bridgehead atoms. The summed E-state index contributed by atoms with van der Waals surface area (Å²) in [5.41, 5.74) is 12.0. The molecule has 0 aliphatic carbocycles. The molecule has 0 saturated carbocycles. The third-order valence-corrected chi connectivity index (χ3v) is 2.63. The Morgan fingerprint density at radius 3 is 2.15 bits per heavy atom. The molecule has 0 spiro atoms. The van der Waals surface area contributed by atoms with Gasteiger partial charge < -0.3 is 16.4 Å². The van der Waals surface area contributed by atoms with Crippen molar-refractivity contribution in [1.29, 1.82) is 0 Å². The van der Waals surface area contributed by atoms with Gasteiger partial charge in [-0.15, -0.1) is 0 Å². The minimum atomic E-state index is -0.0810. The lowest BCUT2D eigenvalue weighted by atomic mass is 9.90. The highest BCUT2D eigenvalue weighted by Gasteiger charge is 2.27. The molecule has 1 rings (SSSR count). The van der Waals surface area contributed by atoms with Gasteiger partial charge in [0.2, 0.25) is 0 Å². The molecule has 1 heterocycles. The number of nitrogens with two attached hydrogens (primary N) is 2. The molecule has 0 aromatic carbocycles. The Bertz CT molecular complexity index is 159. The summed E-state index contributed by atoms with van der Waals surface area (Å²) < 4.78 is 0. The van der Waals surface area contributed by atoms with E-state index in [2.05, 4.69) is 25.7 Å². The zero-order chi connectivity index (χ0) is 10.1. The van der Waals surface area contributed by atoms with E-state index in [0.29, 0.717) is 0 Å². The largest absolute Gasteiger partial charge is 0.325 e. The smallest absolute Gasteiger partial charge is 0.0226 e. The zero-order valence-electron chi connectivity index (χ0n) is 9.14. The molecule has 0 aromatic heterocycles. The first-order chi connectivity index (χ1) is 5.79. The second-order valence-corrected chi connectivity index (χ2v) is 5.42. The number of nitrogens with zero attached hydrogens (tertiary/aromatic N) is 1. The summed E-state index contributed by atoms with van der Waals surface area (Å²) in [4.78, 5) is 2.41. The van der Waals surface area contributed by atoms with Gasteiger partial charge in [0, 0.05) is 17.6 Å². The maximum Gasteiger partial charge on any atom is 0.0226 e. The van der Waals surface area contributed by atoms with E-state index in [1.54, 1.807) is 0 Å². The van der Waals surface area contributed by atoms with E-state index < -0.39 is 0 Å². The zero-order valence-corrected chi connectivity index (χ0v) is 9.14. The van der Waals surface area contributed by atoms with E-state index in [1.807, 2.05) is 0 Å². The fourth-order valence-electron chi connectivity index (χ4n) is 1.80. The maximum atomic E-state index is 6.05. The molecule has 1 aliphatic heterocycles. The molecule has 4 N–H and O–H groups in total. The number of likely N-dealkylation sites (tertiary alicyclic amines) is 1. The van der Waals surface area contributed by atoms with Gasteiger partial charge in [0.15, 0.2) is 0 Å². The van der Waals surface area contributed by atoms with Crippen molar-refractivity contribution in [2.24, 2.45) is 11.5 Å². The van der Waals surface area contributed by atoms with Crippen LogP contribution in [0.3, 0.4) is 0 Å². The van der Waals surface area contributed by atoms with Gasteiger partial charge in [-0.1, -0.05) is 0 Å². The third-order valence-electron chi connectivity index (χ3n) is 2.63. The van der Waals surface area contributed by atoms with E-state index >= 15 is 0 Å². The van der Waals surface area contributed by atoms with Crippen molar-refractivity contribution in [3.63, 3.8) is 0 Å². The summed E-state index contributed by atoms with van der Waals surface area (Å²) in [7, 11) is 0. The summed E-state index contributed by atoms with van der Waals surface area (Å²) in [6.45, 7) is 9.44. The van der Waals surface area contributed by atoms with Crippen LogP contribution in [0.25, 0.3) is 0 Å². The average Bonchev–Trinajstić information content (AvgIpc) is 1.91. The first-order valence-electron chi connectivity index (χ1n) is 5.09. The van der Waals surface area contributed by atoms with Crippen LogP contribution >= 0.6 is 0 Å². The highest BCUT2D eigenvalue weighted by molar-refractivity contribution is 4.88. The van der Waals surface area contributed by atoms with Gasteiger partial charge in [0.1, 0.15) is 0 Å². The van der Waals surface area contributed by atoms with Crippen molar-refractivity contribution in [3.05, 3.63) is 0 Å². The van der Waals surface area contributed by atoms with Crippen molar-refractivity contribution in [1.82, 2.24) is 4.90 Å². The first kappa shape index (κ1) is 11.0. The Hall–Kier alpha value is -0.120. The molecule has 0 amide bonds. The lowest BCUT2D eigenvalue weighted by molar-refractivity contribution is 0.148. The van der Waals surface area contributed by atoms with Crippen LogP contribution in [0.4, 0.5) is 0 Å². The van der Waals surface area contributed by atoms with Crippen LogP contribution in [0.15, 0.2) is 0 Å².